The average Bonchev–Trinajstić information content (AvgIpc) is 3.19. The fraction of sp³-hybridized carbons (Fsp3) is 0.333. The molecule has 7 nitrogen and oxygen atoms in total. The lowest BCUT2D eigenvalue weighted by atomic mass is 10.2. The van der Waals surface area contributed by atoms with Gasteiger partial charge < -0.3 is 15.2 Å². The Morgan fingerprint density at radius 1 is 0.970 bits per heavy atom. The Hall–Kier alpha value is -2.78. The van der Waals surface area contributed by atoms with Crippen LogP contribution in [0.5, 0.6) is 0 Å². The highest BCUT2D eigenvalue weighted by molar-refractivity contribution is 8.00. The van der Waals surface area contributed by atoms with Crippen LogP contribution in [-0.4, -0.2) is 31.8 Å². The lowest BCUT2D eigenvalue weighted by Gasteiger charge is -2.15. The molecule has 9 heteroatoms. The van der Waals surface area contributed by atoms with E-state index in [1.165, 1.54) is 29.1 Å². The number of anilines is 2. The van der Waals surface area contributed by atoms with Gasteiger partial charge in [0.15, 0.2) is 5.16 Å². The van der Waals surface area contributed by atoms with Crippen molar-refractivity contribution in [3.63, 3.8) is 0 Å². The van der Waals surface area contributed by atoms with Gasteiger partial charge in [0.1, 0.15) is 5.82 Å². The molecule has 1 unspecified atom stereocenters. The number of aromatic nitrogens is 3. The Labute approximate surface area is 203 Å². The van der Waals surface area contributed by atoms with Gasteiger partial charge in [-0.25, -0.2) is 0 Å². The molecule has 1 heterocycles. The molecule has 1 aromatic heterocycles. The van der Waals surface area contributed by atoms with E-state index in [2.05, 4.69) is 63.5 Å². The quantitative estimate of drug-likeness (QED) is 0.377. The molecule has 2 aromatic carbocycles. The average molecular weight is 484 g/mol. The monoisotopic (exact) mass is 483 g/mol. The first-order valence-electron chi connectivity index (χ1n) is 10.9. The van der Waals surface area contributed by atoms with Gasteiger partial charge in [0.05, 0.1) is 11.0 Å². The molecule has 0 saturated heterocycles. The number of amides is 2. The number of benzene rings is 2. The van der Waals surface area contributed by atoms with Gasteiger partial charge in [-0.2, -0.15) is 0 Å². The van der Waals surface area contributed by atoms with Gasteiger partial charge in [0, 0.05) is 29.7 Å². The maximum Gasteiger partial charge on any atom is 0.237 e. The highest BCUT2D eigenvalue weighted by atomic mass is 32.2. The number of aryl methyl sites for hydroxylation is 1. The SMILES string of the molecule is CCC(Sc1nnc(CSc2ccc(C)cc2)n1CC)C(=O)Nc1ccc(NC(C)=O)cc1. The topological polar surface area (TPSA) is 88.9 Å². The molecule has 2 N–H and O–H groups in total. The van der Waals surface area contributed by atoms with Gasteiger partial charge in [0.25, 0.3) is 0 Å². The summed E-state index contributed by atoms with van der Waals surface area (Å²) in [7, 11) is 0. The number of thioether (sulfide) groups is 2. The Morgan fingerprint density at radius 3 is 2.18 bits per heavy atom. The third-order valence-electron chi connectivity index (χ3n) is 4.88. The largest absolute Gasteiger partial charge is 0.326 e. The smallest absolute Gasteiger partial charge is 0.237 e. The van der Waals surface area contributed by atoms with Crippen LogP contribution in [0, 0.1) is 6.92 Å². The number of hydrogen-bond donors (Lipinski definition) is 2. The van der Waals surface area contributed by atoms with E-state index in [0.29, 0.717) is 23.5 Å². The van der Waals surface area contributed by atoms with E-state index < -0.39 is 0 Å². The van der Waals surface area contributed by atoms with Crippen LogP contribution in [0.2, 0.25) is 0 Å². The van der Waals surface area contributed by atoms with Crippen LogP contribution in [-0.2, 0) is 21.9 Å². The van der Waals surface area contributed by atoms with E-state index >= 15 is 0 Å². The van der Waals surface area contributed by atoms with Crippen LogP contribution in [0.4, 0.5) is 11.4 Å². The Kier molecular flexibility index (Phi) is 8.96. The molecule has 0 fully saturated rings. The third-order valence-corrected chi connectivity index (χ3v) is 7.24. The normalized spacial score (nSPS) is 11.8. The fourth-order valence-corrected chi connectivity index (χ4v) is 5.00. The zero-order valence-corrected chi connectivity index (χ0v) is 20.9. The Morgan fingerprint density at radius 2 is 1.61 bits per heavy atom. The summed E-state index contributed by atoms with van der Waals surface area (Å²) in [4.78, 5) is 25.2. The third kappa shape index (κ3) is 7.10. The first kappa shape index (κ1) is 24.9. The molecule has 0 radical (unpaired) electrons. The second-order valence-corrected chi connectivity index (χ2v) is 9.73. The zero-order valence-electron chi connectivity index (χ0n) is 19.3. The van der Waals surface area contributed by atoms with E-state index in [0.717, 1.165) is 17.5 Å². The van der Waals surface area contributed by atoms with Crippen molar-refractivity contribution in [2.45, 2.75) is 61.7 Å². The minimum Gasteiger partial charge on any atom is -0.326 e. The summed E-state index contributed by atoms with van der Waals surface area (Å²) in [5.74, 6) is 1.39. The van der Waals surface area contributed by atoms with E-state index in [1.807, 2.05) is 6.92 Å². The van der Waals surface area contributed by atoms with E-state index in [4.69, 9.17) is 0 Å². The van der Waals surface area contributed by atoms with Gasteiger partial charge in [-0.15, -0.1) is 22.0 Å². The number of nitrogens with zero attached hydrogens (tertiary/aromatic N) is 3. The van der Waals surface area contributed by atoms with Crippen LogP contribution >= 0.6 is 23.5 Å². The highest BCUT2D eigenvalue weighted by Gasteiger charge is 2.22. The van der Waals surface area contributed by atoms with Gasteiger partial charge >= 0.3 is 0 Å². The summed E-state index contributed by atoms with van der Waals surface area (Å²) in [6, 6.07) is 15.5. The molecule has 0 aliphatic rings. The van der Waals surface area contributed by atoms with Gasteiger partial charge in [-0.3, -0.25) is 9.59 Å². The lowest BCUT2D eigenvalue weighted by molar-refractivity contribution is -0.116. The summed E-state index contributed by atoms with van der Waals surface area (Å²) in [5.41, 5.74) is 2.61. The van der Waals surface area contributed by atoms with E-state index in [1.54, 1.807) is 36.0 Å². The van der Waals surface area contributed by atoms with Crippen molar-refractivity contribution in [1.29, 1.82) is 0 Å². The molecule has 2 amide bonds. The van der Waals surface area contributed by atoms with E-state index in [-0.39, 0.29) is 17.1 Å². The molecule has 0 saturated carbocycles. The van der Waals surface area contributed by atoms with Gasteiger partial charge in [-0.1, -0.05) is 36.4 Å². The minimum atomic E-state index is -0.299. The molecule has 174 valence electrons. The van der Waals surface area contributed by atoms with Crippen LogP contribution in [0.25, 0.3) is 0 Å². The number of hydrogen-bond acceptors (Lipinski definition) is 6. The lowest BCUT2D eigenvalue weighted by Crippen LogP contribution is -2.25. The summed E-state index contributed by atoms with van der Waals surface area (Å²) < 4.78 is 2.07. The Balaban J connectivity index is 1.63. The molecule has 33 heavy (non-hydrogen) atoms. The molecule has 0 aliphatic carbocycles. The minimum absolute atomic E-state index is 0.0870. The van der Waals surface area contributed by atoms with Gasteiger partial charge in [0.2, 0.25) is 11.8 Å². The predicted molar refractivity (Wildman–Crippen MR) is 136 cm³/mol. The van der Waals surface area contributed by atoms with Crippen molar-refractivity contribution in [1.82, 2.24) is 14.8 Å². The number of nitrogens with one attached hydrogen (secondary N) is 2. The van der Waals surface area contributed by atoms with Crippen molar-refractivity contribution >= 4 is 46.7 Å². The van der Waals surface area contributed by atoms with Crippen LogP contribution in [0.15, 0.2) is 58.6 Å². The number of carbonyl (C=O) groups is 2. The van der Waals surface area contributed by atoms with Crippen molar-refractivity contribution < 1.29 is 9.59 Å². The predicted octanol–water partition coefficient (Wildman–Crippen LogP) is 5.37. The van der Waals surface area contributed by atoms with Crippen LogP contribution in [0.3, 0.4) is 0 Å². The maximum atomic E-state index is 12.9. The summed E-state index contributed by atoms with van der Waals surface area (Å²) >= 11 is 3.16. The maximum absolute atomic E-state index is 12.9. The number of carbonyl (C=O) groups excluding carboxylic acids is 2. The van der Waals surface area contributed by atoms with Crippen LogP contribution in [0.1, 0.15) is 38.6 Å². The zero-order chi connectivity index (χ0) is 23.8. The molecular formula is C24H29N5O2S2. The summed E-state index contributed by atoms with van der Waals surface area (Å²) in [6.07, 6.45) is 0.657. The molecule has 1 atom stereocenters. The van der Waals surface area contributed by atoms with Crippen molar-refractivity contribution in [3.8, 4) is 0 Å². The van der Waals surface area contributed by atoms with E-state index in [9.17, 15) is 9.59 Å². The van der Waals surface area contributed by atoms with Crippen molar-refractivity contribution in [2.24, 2.45) is 0 Å². The first-order valence-corrected chi connectivity index (χ1v) is 12.7. The molecular weight excluding hydrogens is 454 g/mol. The first-order chi connectivity index (χ1) is 15.9. The number of rotatable bonds is 10. The molecule has 3 aromatic rings. The Bertz CT molecular complexity index is 1080. The molecule has 0 bridgehead atoms. The standard InChI is InChI=1S/C24H29N5O2S2/c1-5-21(23(31)26-19-11-9-18(10-12-19)25-17(4)30)33-24-28-27-22(29(24)6-2)15-32-20-13-7-16(3)8-14-20/h7-14,21H,5-6,15H2,1-4H3,(H,25,30)(H,26,31). The van der Waals surface area contributed by atoms with Gasteiger partial charge in [-0.05, 0) is 56.7 Å². The molecule has 0 spiro atoms. The second-order valence-electron chi connectivity index (χ2n) is 7.51. The van der Waals surface area contributed by atoms with Crippen molar-refractivity contribution in [3.05, 3.63) is 59.9 Å². The molecule has 0 aliphatic heterocycles. The van der Waals surface area contributed by atoms with Crippen LogP contribution < -0.4 is 10.6 Å². The summed E-state index contributed by atoms with van der Waals surface area (Å²) in [5, 5.41) is 14.9. The van der Waals surface area contributed by atoms with Crippen molar-refractivity contribution in [2.75, 3.05) is 10.6 Å². The summed E-state index contributed by atoms with van der Waals surface area (Å²) in [6.45, 7) is 8.32. The molecule has 3 rings (SSSR count). The highest BCUT2D eigenvalue weighted by Crippen LogP contribution is 2.28. The second kappa shape index (κ2) is 11.9. The fourth-order valence-electron chi connectivity index (χ4n) is 3.13.